The summed E-state index contributed by atoms with van der Waals surface area (Å²) in [6.07, 6.45) is 12.1. The first-order valence-corrected chi connectivity index (χ1v) is 10.4. The van der Waals surface area contributed by atoms with Crippen molar-refractivity contribution in [2.75, 3.05) is 0 Å². The van der Waals surface area contributed by atoms with Gasteiger partial charge in [0.15, 0.2) is 0 Å². The molecule has 1 nitrogen and oxygen atoms in total. The average molecular weight is 317 g/mol. The van der Waals surface area contributed by atoms with Gasteiger partial charge in [-0.25, -0.2) is 0 Å². The van der Waals surface area contributed by atoms with Crippen LogP contribution in [-0.2, 0) is 4.79 Å². The second-order valence-corrected chi connectivity index (χ2v) is 10.3. The highest BCUT2D eigenvalue weighted by atomic mass is 16.1. The van der Waals surface area contributed by atoms with Crippen LogP contribution in [0.3, 0.4) is 0 Å². The van der Waals surface area contributed by atoms with Crippen molar-refractivity contribution in [3.05, 3.63) is 0 Å². The Balaban J connectivity index is 1.67. The van der Waals surface area contributed by atoms with Crippen LogP contribution >= 0.6 is 0 Å². The van der Waals surface area contributed by atoms with E-state index in [0.717, 1.165) is 18.3 Å². The van der Waals surface area contributed by atoms with E-state index in [0.29, 0.717) is 40.3 Å². The minimum absolute atomic E-state index is 0.310. The van der Waals surface area contributed by atoms with E-state index in [-0.39, 0.29) is 0 Å². The van der Waals surface area contributed by atoms with Gasteiger partial charge in [-0.3, -0.25) is 4.79 Å². The van der Waals surface area contributed by atoms with E-state index in [2.05, 4.69) is 27.7 Å². The number of hydrogen-bond donors (Lipinski definition) is 0. The van der Waals surface area contributed by atoms with Gasteiger partial charge in [0.25, 0.3) is 0 Å². The zero-order valence-electron chi connectivity index (χ0n) is 15.7. The number of ketones is 1. The zero-order valence-corrected chi connectivity index (χ0v) is 15.7. The fourth-order valence-corrected chi connectivity index (χ4v) is 8.13. The van der Waals surface area contributed by atoms with Crippen molar-refractivity contribution in [1.82, 2.24) is 0 Å². The van der Waals surface area contributed by atoms with Crippen LogP contribution in [0.5, 0.6) is 0 Å². The number of rotatable bonds is 1. The SMILES string of the molecule is CC(C)[C@H]1CC(=O)[C@@H]2[C@@H]3CC[C@H]4CCCC[C@]4(C)[C@H]3CC[C@]12C. The topological polar surface area (TPSA) is 17.1 Å². The minimum Gasteiger partial charge on any atom is -0.299 e. The highest BCUT2D eigenvalue weighted by molar-refractivity contribution is 5.85. The summed E-state index contributed by atoms with van der Waals surface area (Å²) in [4.78, 5) is 13.0. The molecular weight excluding hydrogens is 280 g/mol. The van der Waals surface area contributed by atoms with Crippen molar-refractivity contribution in [2.45, 2.75) is 85.5 Å². The average Bonchev–Trinajstić information content (AvgIpc) is 2.78. The van der Waals surface area contributed by atoms with Gasteiger partial charge in [0.2, 0.25) is 0 Å². The quantitative estimate of drug-likeness (QED) is 0.591. The minimum atomic E-state index is 0.310. The zero-order chi connectivity index (χ0) is 16.4. The van der Waals surface area contributed by atoms with Crippen LogP contribution in [-0.4, -0.2) is 5.78 Å². The van der Waals surface area contributed by atoms with Crippen molar-refractivity contribution < 1.29 is 4.79 Å². The lowest BCUT2D eigenvalue weighted by molar-refractivity contribution is -0.140. The fourth-order valence-electron chi connectivity index (χ4n) is 8.13. The molecule has 0 aromatic heterocycles. The number of carbonyl (C=O) groups is 1. The first-order chi connectivity index (χ1) is 10.9. The van der Waals surface area contributed by atoms with E-state index < -0.39 is 0 Å². The summed E-state index contributed by atoms with van der Waals surface area (Å²) in [6, 6.07) is 0. The largest absolute Gasteiger partial charge is 0.299 e. The third kappa shape index (κ3) is 2.13. The van der Waals surface area contributed by atoms with E-state index >= 15 is 0 Å². The first-order valence-electron chi connectivity index (χ1n) is 10.4. The van der Waals surface area contributed by atoms with Gasteiger partial charge in [-0.2, -0.15) is 0 Å². The number of fused-ring (bicyclic) bond motifs is 5. The summed E-state index contributed by atoms with van der Waals surface area (Å²) in [5.74, 6) is 4.84. The normalized spacial score (nSPS) is 52.9. The predicted molar refractivity (Wildman–Crippen MR) is 95.1 cm³/mol. The Bertz CT molecular complexity index is 494. The molecule has 0 heterocycles. The van der Waals surface area contributed by atoms with Crippen molar-refractivity contribution >= 4 is 5.78 Å². The third-order valence-electron chi connectivity index (χ3n) is 9.22. The molecule has 130 valence electrons. The number of Topliss-reactive ketones (excluding diaryl/α,β-unsaturated/α-hetero) is 1. The Morgan fingerprint density at radius 3 is 2.48 bits per heavy atom. The van der Waals surface area contributed by atoms with Crippen LogP contribution in [0.25, 0.3) is 0 Å². The molecule has 0 aliphatic heterocycles. The van der Waals surface area contributed by atoms with Crippen LogP contribution in [0.1, 0.15) is 85.5 Å². The molecule has 1 heteroatoms. The van der Waals surface area contributed by atoms with Crippen LogP contribution in [0, 0.1) is 46.3 Å². The van der Waals surface area contributed by atoms with Gasteiger partial charge >= 0.3 is 0 Å². The molecule has 0 aromatic rings. The molecule has 4 aliphatic carbocycles. The van der Waals surface area contributed by atoms with Crippen molar-refractivity contribution in [2.24, 2.45) is 46.3 Å². The van der Waals surface area contributed by atoms with Gasteiger partial charge in [-0.15, -0.1) is 0 Å². The molecule has 4 aliphatic rings. The summed E-state index contributed by atoms with van der Waals surface area (Å²) < 4.78 is 0. The lowest BCUT2D eigenvalue weighted by Crippen LogP contribution is -2.54. The maximum atomic E-state index is 13.0. The van der Waals surface area contributed by atoms with E-state index in [1.165, 1.54) is 51.4 Å². The number of hydrogen-bond acceptors (Lipinski definition) is 1. The Kier molecular flexibility index (Phi) is 3.75. The third-order valence-corrected chi connectivity index (χ3v) is 9.22. The molecular formula is C22H36O. The Morgan fingerprint density at radius 1 is 0.957 bits per heavy atom. The molecule has 4 fully saturated rings. The van der Waals surface area contributed by atoms with Gasteiger partial charge in [0.1, 0.15) is 5.78 Å². The van der Waals surface area contributed by atoms with Crippen molar-refractivity contribution in [3.8, 4) is 0 Å². The maximum Gasteiger partial charge on any atom is 0.137 e. The molecule has 0 saturated heterocycles. The van der Waals surface area contributed by atoms with E-state index in [4.69, 9.17) is 0 Å². The molecule has 0 aromatic carbocycles. The number of carbonyl (C=O) groups excluding carboxylic acids is 1. The van der Waals surface area contributed by atoms with E-state index in [1.54, 1.807) is 0 Å². The lowest BCUT2D eigenvalue weighted by atomic mass is 9.44. The summed E-state index contributed by atoms with van der Waals surface area (Å²) in [7, 11) is 0. The van der Waals surface area contributed by atoms with E-state index in [9.17, 15) is 4.79 Å². The molecule has 0 amide bonds. The van der Waals surface area contributed by atoms with E-state index in [1.807, 2.05) is 0 Å². The Morgan fingerprint density at radius 2 is 1.74 bits per heavy atom. The predicted octanol–water partition coefficient (Wildman–Crippen LogP) is 5.87. The molecule has 0 radical (unpaired) electrons. The summed E-state index contributed by atoms with van der Waals surface area (Å²) in [5, 5.41) is 0. The summed E-state index contributed by atoms with van der Waals surface area (Å²) in [5.41, 5.74) is 0.864. The molecule has 4 saturated carbocycles. The second-order valence-electron chi connectivity index (χ2n) is 10.3. The fraction of sp³-hybridized carbons (Fsp3) is 0.955. The monoisotopic (exact) mass is 316 g/mol. The maximum absolute atomic E-state index is 13.0. The summed E-state index contributed by atoms with van der Waals surface area (Å²) >= 11 is 0. The standard InChI is InChI=1S/C22H36O/c1-14(2)18-13-19(23)20-16-9-8-15-7-5-6-11-21(15,3)17(16)10-12-22(18,20)4/h14-18,20H,5-13H2,1-4H3/t15-,16-,17+,18-,20+,21+,22-/m1/s1. The molecule has 4 rings (SSSR count). The molecule has 0 spiro atoms. The van der Waals surface area contributed by atoms with Gasteiger partial charge in [0.05, 0.1) is 0 Å². The molecule has 0 unspecified atom stereocenters. The highest BCUT2D eigenvalue weighted by Gasteiger charge is 2.62. The van der Waals surface area contributed by atoms with Crippen molar-refractivity contribution in [3.63, 3.8) is 0 Å². The van der Waals surface area contributed by atoms with Crippen LogP contribution in [0.15, 0.2) is 0 Å². The van der Waals surface area contributed by atoms with Gasteiger partial charge in [-0.05, 0) is 78.9 Å². The van der Waals surface area contributed by atoms with Gasteiger partial charge in [0, 0.05) is 12.3 Å². The van der Waals surface area contributed by atoms with Crippen LogP contribution < -0.4 is 0 Å². The van der Waals surface area contributed by atoms with Gasteiger partial charge in [-0.1, -0.05) is 40.5 Å². The summed E-state index contributed by atoms with van der Waals surface area (Å²) in [6.45, 7) is 9.78. The van der Waals surface area contributed by atoms with Crippen LogP contribution in [0.2, 0.25) is 0 Å². The lowest BCUT2D eigenvalue weighted by Gasteiger charge is -2.60. The second kappa shape index (κ2) is 5.33. The molecule has 7 atom stereocenters. The van der Waals surface area contributed by atoms with Gasteiger partial charge < -0.3 is 0 Å². The smallest absolute Gasteiger partial charge is 0.137 e. The highest BCUT2D eigenvalue weighted by Crippen LogP contribution is 2.67. The molecule has 23 heavy (non-hydrogen) atoms. The Labute approximate surface area is 143 Å². The Hall–Kier alpha value is -0.330. The molecule has 0 bridgehead atoms. The van der Waals surface area contributed by atoms with Crippen LogP contribution in [0.4, 0.5) is 0 Å². The molecule has 0 N–H and O–H groups in total. The first kappa shape index (κ1) is 16.2. The van der Waals surface area contributed by atoms with Crippen molar-refractivity contribution in [1.29, 1.82) is 0 Å².